The van der Waals surface area contributed by atoms with Crippen LogP contribution in [0.4, 0.5) is 0 Å². The average Bonchev–Trinajstić information content (AvgIpc) is 2.19. The van der Waals surface area contributed by atoms with Gasteiger partial charge in [-0.1, -0.05) is 0 Å². The van der Waals surface area contributed by atoms with E-state index in [1.54, 1.807) is 11.8 Å². The molecule has 0 aliphatic heterocycles. The minimum Gasteiger partial charge on any atom is -0.462 e. The van der Waals surface area contributed by atoms with Gasteiger partial charge in [-0.3, -0.25) is 9.59 Å². The molecule has 94 valence electrons. The molecule has 0 fully saturated rings. The molecule has 0 aliphatic carbocycles. The Morgan fingerprint density at radius 2 is 1.94 bits per heavy atom. The minimum atomic E-state index is -0.428. The molecule has 0 aromatic rings. The van der Waals surface area contributed by atoms with Crippen LogP contribution in [0.25, 0.3) is 0 Å². The van der Waals surface area contributed by atoms with Gasteiger partial charge in [0.1, 0.15) is 12.7 Å². The zero-order valence-corrected chi connectivity index (χ0v) is 10.7. The van der Waals surface area contributed by atoms with Gasteiger partial charge in [0.25, 0.3) is 0 Å². The Morgan fingerprint density at radius 1 is 1.25 bits per heavy atom. The highest BCUT2D eigenvalue weighted by Gasteiger charge is 2.13. The van der Waals surface area contributed by atoms with Gasteiger partial charge in [0, 0.05) is 20.3 Å². The Bertz CT molecular complexity index is 219. The summed E-state index contributed by atoms with van der Waals surface area (Å²) < 4.78 is 15.0. The predicted octanol–water partition coefficient (Wildman–Crippen LogP) is 1.21. The molecule has 5 nitrogen and oxygen atoms in total. The number of hydrogen-bond donors (Lipinski definition) is 0. The molecule has 0 saturated carbocycles. The first-order valence-electron chi connectivity index (χ1n) is 4.93. The van der Waals surface area contributed by atoms with Gasteiger partial charge < -0.3 is 14.2 Å². The maximum Gasteiger partial charge on any atom is 0.303 e. The lowest BCUT2D eigenvalue weighted by Gasteiger charge is -2.16. The lowest BCUT2D eigenvalue weighted by atomic mass is 10.3. The number of carbonyl (C=O) groups is 2. The third-order valence-electron chi connectivity index (χ3n) is 1.59. The van der Waals surface area contributed by atoms with Crippen LogP contribution >= 0.6 is 11.8 Å². The summed E-state index contributed by atoms with van der Waals surface area (Å²) in [6.07, 6.45) is 2.03. The van der Waals surface area contributed by atoms with Gasteiger partial charge in [-0.25, -0.2) is 0 Å². The third-order valence-corrected chi connectivity index (χ3v) is 1.99. The number of esters is 2. The molecular formula is C10H18O5S. The zero-order valence-electron chi connectivity index (χ0n) is 9.86. The highest BCUT2D eigenvalue weighted by atomic mass is 32.2. The highest BCUT2D eigenvalue weighted by molar-refractivity contribution is 7.98. The zero-order chi connectivity index (χ0) is 12.4. The molecule has 0 saturated heterocycles. The van der Waals surface area contributed by atoms with E-state index < -0.39 is 6.10 Å². The second kappa shape index (κ2) is 9.47. The molecule has 1 atom stereocenters. The van der Waals surface area contributed by atoms with E-state index in [2.05, 4.69) is 0 Å². The Labute approximate surface area is 99.8 Å². The smallest absolute Gasteiger partial charge is 0.303 e. The second-order valence-corrected chi connectivity index (χ2v) is 3.95. The fourth-order valence-electron chi connectivity index (χ4n) is 0.978. The molecule has 0 N–H and O–H groups in total. The first kappa shape index (κ1) is 15.2. The number of thioether (sulfide) groups is 1. The van der Waals surface area contributed by atoms with E-state index in [0.29, 0.717) is 19.0 Å². The maximum atomic E-state index is 10.8. The standard InChI is InChI=1S/C10H18O5S/c1-8(11)14-6-10(15-9(2)12)4-5-13-7-16-3/h10H,4-7H2,1-3H3. The van der Waals surface area contributed by atoms with Crippen LogP contribution in [0.3, 0.4) is 0 Å². The summed E-state index contributed by atoms with van der Waals surface area (Å²) in [7, 11) is 0. The maximum absolute atomic E-state index is 10.8. The van der Waals surface area contributed by atoms with E-state index in [9.17, 15) is 9.59 Å². The summed E-state index contributed by atoms with van der Waals surface area (Å²) in [6, 6.07) is 0. The van der Waals surface area contributed by atoms with Gasteiger partial charge in [0.05, 0.1) is 12.5 Å². The van der Waals surface area contributed by atoms with E-state index in [1.807, 2.05) is 6.26 Å². The van der Waals surface area contributed by atoms with Crippen LogP contribution < -0.4 is 0 Å². The van der Waals surface area contributed by atoms with Gasteiger partial charge in [-0.2, -0.15) is 0 Å². The lowest BCUT2D eigenvalue weighted by molar-refractivity contribution is -0.157. The van der Waals surface area contributed by atoms with Crippen LogP contribution in [0.15, 0.2) is 0 Å². The molecule has 0 aromatic carbocycles. The fourth-order valence-corrected chi connectivity index (χ4v) is 1.26. The largest absolute Gasteiger partial charge is 0.462 e. The Hall–Kier alpha value is -0.750. The number of ether oxygens (including phenoxy) is 3. The highest BCUT2D eigenvalue weighted by Crippen LogP contribution is 2.03. The van der Waals surface area contributed by atoms with Crippen molar-refractivity contribution in [2.24, 2.45) is 0 Å². The van der Waals surface area contributed by atoms with Gasteiger partial charge in [-0.15, -0.1) is 11.8 Å². The van der Waals surface area contributed by atoms with Gasteiger partial charge in [-0.05, 0) is 6.26 Å². The summed E-state index contributed by atoms with van der Waals surface area (Å²) in [4.78, 5) is 21.4. The Morgan fingerprint density at radius 3 is 2.44 bits per heavy atom. The van der Waals surface area contributed by atoms with Crippen LogP contribution in [0.5, 0.6) is 0 Å². The van der Waals surface area contributed by atoms with Crippen LogP contribution in [0.1, 0.15) is 20.3 Å². The van der Waals surface area contributed by atoms with Crippen molar-refractivity contribution < 1.29 is 23.8 Å². The molecule has 0 radical (unpaired) electrons. The topological polar surface area (TPSA) is 61.8 Å². The number of rotatable bonds is 8. The average molecular weight is 250 g/mol. The van der Waals surface area contributed by atoms with Crippen LogP contribution in [-0.2, 0) is 23.8 Å². The van der Waals surface area contributed by atoms with Crippen molar-refractivity contribution in [2.45, 2.75) is 26.4 Å². The molecule has 0 rings (SSSR count). The Kier molecular flexibility index (Phi) is 9.03. The lowest BCUT2D eigenvalue weighted by Crippen LogP contribution is -2.25. The summed E-state index contributed by atoms with van der Waals surface area (Å²) >= 11 is 1.57. The molecule has 16 heavy (non-hydrogen) atoms. The fraction of sp³-hybridized carbons (Fsp3) is 0.800. The Balaban J connectivity index is 3.80. The van der Waals surface area contributed by atoms with Crippen LogP contribution in [0, 0.1) is 0 Å². The summed E-state index contributed by atoms with van der Waals surface area (Å²) in [6.45, 7) is 3.19. The van der Waals surface area contributed by atoms with Crippen molar-refractivity contribution in [3.05, 3.63) is 0 Å². The predicted molar refractivity (Wildman–Crippen MR) is 61.1 cm³/mol. The van der Waals surface area contributed by atoms with E-state index in [4.69, 9.17) is 14.2 Å². The third kappa shape index (κ3) is 9.79. The monoisotopic (exact) mass is 250 g/mol. The molecule has 0 bridgehead atoms. The van der Waals surface area contributed by atoms with Crippen molar-refractivity contribution in [1.29, 1.82) is 0 Å². The van der Waals surface area contributed by atoms with Crippen molar-refractivity contribution in [1.82, 2.24) is 0 Å². The summed E-state index contributed by atoms with van der Waals surface area (Å²) in [5, 5.41) is 0. The molecule has 0 aromatic heterocycles. The number of hydrogen-bond acceptors (Lipinski definition) is 6. The molecular weight excluding hydrogens is 232 g/mol. The molecule has 0 spiro atoms. The first-order chi connectivity index (χ1) is 7.56. The van der Waals surface area contributed by atoms with Gasteiger partial charge >= 0.3 is 11.9 Å². The van der Waals surface area contributed by atoms with Crippen molar-refractivity contribution in [2.75, 3.05) is 25.4 Å². The van der Waals surface area contributed by atoms with Crippen molar-refractivity contribution in [3.63, 3.8) is 0 Å². The van der Waals surface area contributed by atoms with Crippen LogP contribution in [0.2, 0.25) is 0 Å². The first-order valence-corrected chi connectivity index (χ1v) is 6.33. The molecule has 6 heteroatoms. The van der Waals surface area contributed by atoms with E-state index >= 15 is 0 Å². The van der Waals surface area contributed by atoms with Crippen molar-refractivity contribution in [3.8, 4) is 0 Å². The molecule has 0 aliphatic rings. The summed E-state index contributed by atoms with van der Waals surface area (Å²) in [5.74, 6) is -0.176. The SMILES string of the molecule is CSCOCCC(COC(C)=O)OC(C)=O. The molecule has 1 unspecified atom stereocenters. The normalized spacial score (nSPS) is 11.9. The van der Waals surface area contributed by atoms with E-state index in [-0.39, 0.29) is 18.5 Å². The van der Waals surface area contributed by atoms with E-state index in [0.717, 1.165) is 0 Å². The number of carbonyl (C=O) groups excluding carboxylic acids is 2. The summed E-state index contributed by atoms with van der Waals surface area (Å²) in [5.41, 5.74) is 0. The second-order valence-electron chi connectivity index (χ2n) is 3.14. The van der Waals surface area contributed by atoms with Gasteiger partial charge in [0.2, 0.25) is 0 Å². The van der Waals surface area contributed by atoms with Gasteiger partial charge in [0.15, 0.2) is 0 Å². The minimum absolute atomic E-state index is 0.0809. The molecule has 0 heterocycles. The van der Waals surface area contributed by atoms with Crippen molar-refractivity contribution >= 4 is 23.7 Å². The van der Waals surface area contributed by atoms with E-state index in [1.165, 1.54) is 13.8 Å². The quantitative estimate of drug-likeness (QED) is 0.366. The molecule has 0 amide bonds. The van der Waals surface area contributed by atoms with Crippen LogP contribution in [-0.4, -0.2) is 43.5 Å².